The van der Waals surface area contributed by atoms with Crippen LogP contribution >= 0.6 is 0 Å². The van der Waals surface area contributed by atoms with Gasteiger partial charge >= 0.3 is 0 Å². The summed E-state index contributed by atoms with van der Waals surface area (Å²) in [5.41, 5.74) is 3.01. The number of rotatable bonds is 2. The molecule has 0 radical (unpaired) electrons. The van der Waals surface area contributed by atoms with Crippen molar-refractivity contribution in [1.29, 1.82) is 0 Å². The minimum atomic E-state index is -0.247. The number of halogens is 1. The van der Waals surface area contributed by atoms with Gasteiger partial charge in [-0.25, -0.2) is 4.39 Å². The van der Waals surface area contributed by atoms with E-state index in [0.717, 1.165) is 29.5 Å². The van der Waals surface area contributed by atoms with E-state index in [1.54, 1.807) is 12.1 Å². The molecule has 2 aromatic carbocycles. The van der Waals surface area contributed by atoms with Crippen molar-refractivity contribution in [1.82, 2.24) is 0 Å². The van der Waals surface area contributed by atoms with Crippen molar-refractivity contribution in [3.05, 3.63) is 59.9 Å². The predicted octanol–water partition coefficient (Wildman–Crippen LogP) is 5.37. The fourth-order valence-electron chi connectivity index (χ4n) is 4.73. The minimum absolute atomic E-state index is 0.00784. The lowest BCUT2D eigenvalue weighted by Gasteiger charge is -2.53. The normalized spacial score (nSPS) is 33.0. The van der Waals surface area contributed by atoms with E-state index in [-0.39, 0.29) is 29.5 Å². The Morgan fingerprint density at radius 3 is 2.15 bits per heavy atom. The van der Waals surface area contributed by atoms with Crippen LogP contribution < -0.4 is 0 Å². The average Bonchev–Trinajstić information content (AvgIpc) is 2.62. The second-order valence-electron chi connectivity index (χ2n) is 8.53. The quantitative estimate of drug-likeness (QED) is 0.786. The monoisotopic (exact) mass is 354 g/mol. The average molecular weight is 354 g/mol. The standard InChI is InChI=1S/C23H27FO2/c1-14-20-12-18(13-21(14)25)23(2,3)26-22(20)17-6-4-15(5-7-17)16-8-10-19(24)11-9-16/h4-11,14,18,20-22,25H,12-13H2,1-3H3/t14-,18?,20?,21-,22-/m0/s1. The van der Waals surface area contributed by atoms with Gasteiger partial charge in [0.05, 0.1) is 17.8 Å². The number of aliphatic hydroxyl groups is 1. The van der Waals surface area contributed by atoms with E-state index in [0.29, 0.717) is 11.8 Å². The molecule has 0 spiro atoms. The number of hydrogen-bond acceptors (Lipinski definition) is 2. The molecule has 5 atom stereocenters. The summed E-state index contributed by atoms with van der Waals surface area (Å²) in [6.07, 6.45) is 1.70. The summed E-state index contributed by atoms with van der Waals surface area (Å²) in [7, 11) is 0. The van der Waals surface area contributed by atoms with Crippen LogP contribution in [0.5, 0.6) is 0 Å². The molecule has 2 aliphatic rings. The largest absolute Gasteiger partial charge is 0.393 e. The van der Waals surface area contributed by atoms with Gasteiger partial charge in [-0.05, 0) is 73.3 Å². The van der Waals surface area contributed by atoms with Gasteiger partial charge in [-0.3, -0.25) is 0 Å². The predicted molar refractivity (Wildman–Crippen MR) is 101 cm³/mol. The van der Waals surface area contributed by atoms with Gasteiger partial charge in [0.15, 0.2) is 0 Å². The Morgan fingerprint density at radius 2 is 1.54 bits per heavy atom. The molecule has 2 unspecified atom stereocenters. The van der Waals surface area contributed by atoms with Crippen molar-refractivity contribution in [2.24, 2.45) is 17.8 Å². The molecule has 1 saturated carbocycles. The number of aliphatic hydroxyl groups excluding tert-OH is 1. The highest BCUT2D eigenvalue weighted by Gasteiger charge is 2.50. The highest BCUT2D eigenvalue weighted by Crippen LogP contribution is 2.53. The van der Waals surface area contributed by atoms with Gasteiger partial charge in [0.2, 0.25) is 0 Å². The third kappa shape index (κ3) is 3.08. The summed E-state index contributed by atoms with van der Waals surface area (Å²) in [5, 5.41) is 10.5. The molecule has 2 fully saturated rings. The zero-order valence-corrected chi connectivity index (χ0v) is 15.7. The fraction of sp³-hybridized carbons (Fsp3) is 0.478. The molecule has 1 N–H and O–H groups in total. The lowest BCUT2D eigenvalue weighted by Crippen LogP contribution is -2.52. The maximum atomic E-state index is 13.1. The van der Waals surface area contributed by atoms with E-state index in [1.165, 1.54) is 12.1 Å². The van der Waals surface area contributed by atoms with Crippen LogP contribution in [0.4, 0.5) is 4.39 Å². The molecular weight excluding hydrogens is 327 g/mol. The maximum absolute atomic E-state index is 13.1. The second-order valence-corrected chi connectivity index (χ2v) is 8.53. The zero-order valence-electron chi connectivity index (χ0n) is 15.7. The van der Waals surface area contributed by atoms with Gasteiger partial charge in [0.25, 0.3) is 0 Å². The molecule has 2 nitrogen and oxygen atoms in total. The van der Waals surface area contributed by atoms with Crippen LogP contribution in [-0.4, -0.2) is 16.8 Å². The van der Waals surface area contributed by atoms with Crippen LogP contribution in [0.1, 0.15) is 45.3 Å². The molecule has 138 valence electrons. The van der Waals surface area contributed by atoms with Gasteiger partial charge in [0, 0.05) is 0 Å². The fourth-order valence-corrected chi connectivity index (χ4v) is 4.73. The number of fused-ring (bicyclic) bond motifs is 2. The van der Waals surface area contributed by atoms with Crippen molar-refractivity contribution in [3.8, 4) is 11.1 Å². The van der Waals surface area contributed by atoms with Gasteiger partial charge in [-0.2, -0.15) is 0 Å². The van der Waals surface area contributed by atoms with Crippen LogP contribution in [0.3, 0.4) is 0 Å². The van der Waals surface area contributed by atoms with Crippen LogP contribution in [0, 0.1) is 23.6 Å². The number of benzene rings is 2. The SMILES string of the molecule is C[C@H]1C2CC(C[C@@H]1O)C(C)(C)O[C@H]2c1ccc(-c2ccc(F)cc2)cc1. The van der Waals surface area contributed by atoms with Gasteiger partial charge in [0.1, 0.15) is 5.82 Å². The number of hydrogen-bond donors (Lipinski definition) is 1. The van der Waals surface area contributed by atoms with E-state index in [9.17, 15) is 9.50 Å². The van der Waals surface area contributed by atoms with Crippen molar-refractivity contribution >= 4 is 0 Å². The molecule has 1 aliphatic heterocycles. The van der Waals surface area contributed by atoms with Gasteiger partial charge < -0.3 is 9.84 Å². The molecule has 26 heavy (non-hydrogen) atoms. The van der Waals surface area contributed by atoms with Crippen molar-refractivity contribution in [2.45, 2.75) is 51.4 Å². The third-order valence-electron chi connectivity index (χ3n) is 6.58. The van der Waals surface area contributed by atoms with Crippen LogP contribution in [0.25, 0.3) is 11.1 Å². The summed E-state index contributed by atoms with van der Waals surface area (Å²) in [4.78, 5) is 0. The van der Waals surface area contributed by atoms with E-state index in [4.69, 9.17) is 4.74 Å². The zero-order chi connectivity index (χ0) is 18.5. The molecular formula is C23H27FO2. The highest BCUT2D eigenvalue weighted by molar-refractivity contribution is 5.63. The Hall–Kier alpha value is -1.71. The lowest BCUT2D eigenvalue weighted by atomic mass is 9.63. The molecule has 0 amide bonds. The van der Waals surface area contributed by atoms with Crippen molar-refractivity contribution in [3.63, 3.8) is 0 Å². The second kappa shape index (κ2) is 6.47. The van der Waals surface area contributed by atoms with Crippen LogP contribution in [-0.2, 0) is 4.74 Å². The van der Waals surface area contributed by atoms with E-state index in [2.05, 4.69) is 45.0 Å². The van der Waals surface area contributed by atoms with E-state index >= 15 is 0 Å². The molecule has 3 heteroatoms. The summed E-state index contributed by atoms with van der Waals surface area (Å²) >= 11 is 0. The third-order valence-corrected chi connectivity index (χ3v) is 6.58. The first-order valence-electron chi connectivity index (χ1n) is 9.57. The molecule has 2 bridgehead atoms. The van der Waals surface area contributed by atoms with Crippen molar-refractivity contribution < 1.29 is 14.2 Å². The van der Waals surface area contributed by atoms with Gasteiger partial charge in [-0.1, -0.05) is 43.3 Å². The first-order chi connectivity index (χ1) is 12.3. The molecule has 2 aromatic rings. The molecule has 0 aromatic heterocycles. The molecule has 1 aliphatic carbocycles. The van der Waals surface area contributed by atoms with Crippen LogP contribution in [0.2, 0.25) is 0 Å². The van der Waals surface area contributed by atoms with Crippen molar-refractivity contribution in [2.75, 3.05) is 0 Å². The Balaban J connectivity index is 1.62. The smallest absolute Gasteiger partial charge is 0.123 e. The van der Waals surface area contributed by atoms with Gasteiger partial charge in [-0.15, -0.1) is 0 Å². The first-order valence-corrected chi connectivity index (χ1v) is 9.57. The molecule has 1 heterocycles. The van der Waals surface area contributed by atoms with E-state index in [1.807, 2.05) is 0 Å². The summed E-state index contributed by atoms with van der Waals surface area (Å²) in [5.74, 6) is 0.772. The lowest BCUT2D eigenvalue weighted by molar-refractivity contribution is -0.215. The highest BCUT2D eigenvalue weighted by atomic mass is 19.1. The summed E-state index contributed by atoms with van der Waals surface area (Å²) < 4.78 is 19.7. The molecule has 1 saturated heterocycles. The Bertz CT molecular complexity index is 766. The maximum Gasteiger partial charge on any atom is 0.123 e. The number of ether oxygens (including phenoxy) is 1. The van der Waals surface area contributed by atoms with Crippen LogP contribution in [0.15, 0.2) is 48.5 Å². The topological polar surface area (TPSA) is 29.5 Å². The summed E-state index contributed by atoms with van der Waals surface area (Å²) in [6.45, 7) is 6.44. The summed E-state index contributed by atoms with van der Waals surface area (Å²) in [6, 6.07) is 15.0. The first kappa shape index (κ1) is 17.7. The molecule has 4 rings (SSSR count). The Morgan fingerprint density at radius 1 is 0.962 bits per heavy atom. The van der Waals surface area contributed by atoms with E-state index < -0.39 is 0 Å². The Labute approximate surface area is 155 Å². The Kier molecular flexibility index (Phi) is 4.40. The minimum Gasteiger partial charge on any atom is -0.393 e.